The first kappa shape index (κ1) is 21.3. The Balaban J connectivity index is 0.00000441. The average molecular weight is 345 g/mol. The van der Waals surface area contributed by atoms with Gasteiger partial charge in [0.25, 0.3) is 0 Å². The summed E-state index contributed by atoms with van der Waals surface area (Å²) in [6, 6.07) is 8.40. The summed E-state index contributed by atoms with van der Waals surface area (Å²) in [4.78, 5) is 12.1. The van der Waals surface area contributed by atoms with E-state index < -0.39 is 0 Å². The fourth-order valence-electron chi connectivity index (χ4n) is 2.52. The zero-order valence-corrected chi connectivity index (χ0v) is 15.7. The Morgan fingerprint density at radius 1 is 1.41 bits per heavy atom. The molecular formula is C17H29ClN2OS. The van der Waals surface area contributed by atoms with Crippen molar-refractivity contribution >= 4 is 30.1 Å². The van der Waals surface area contributed by atoms with Gasteiger partial charge in [-0.1, -0.05) is 43.7 Å². The van der Waals surface area contributed by atoms with E-state index in [4.69, 9.17) is 5.73 Å². The lowest BCUT2D eigenvalue weighted by atomic mass is 9.91. The van der Waals surface area contributed by atoms with E-state index in [9.17, 15) is 4.79 Å². The van der Waals surface area contributed by atoms with Crippen molar-refractivity contribution in [2.45, 2.75) is 45.4 Å². The maximum Gasteiger partial charge on any atom is 0.230 e. The summed E-state index contributed by atoms with van der Waals surface area (Å²) in [5.41, 5.74) is 8.04. The van der Waals surface area contributed by atoms with Crippen LogP contribution < -0.4 is 11.1 Å². The Hall–Kier alpha value is -0.710. The standard InChI is InChI=1S/C17H28N2OS.ClH/c1-13(2)9-17(4,12-18)19-16(20)11-21-10-15-7-5-6-14(3)8-15;/h5-8,13H,9-12,18H2,1-4H3,(H,19,20);1H. The normalized spacial score (nSPS) is 13.4. The Morgan fingerprint density at radius 3 is 2.64 bits per heavy atom. The zero-order valence-electron chi connectivity index (χ0n) is 14.0. The molecule has 126 valence electrons. The zero-order chi connectivity index (χ0) is 15.9. The largest absolute Gasteiger partial charge is 0.349 e. The van der Waals surface area contributed by atoms with Gasteiger partial charge in [-0.25, -0.2) is 0 Å². The third-order valence-corrected chi connectivity index (χ3v) is 4.34. The molecule has 1 atom stereocenters. The molecule has 1 rings (SSSR count). The van der Waals surface area contributed by atoms with Gasteiger partial charge in [0.2, 0.25) is 5.91 Å². The molecule has 3 nitrogen and oxygen atoms in total. The van der Waals surface area contributed by atoms with E-state index in [1.54, 1.807) is 11.8 Å². The number of hydrogen-bond acceptors (Lipinski definition) is 3. The van der Waals surface area contributed by atoms with Crippen LogP contribution in [-0.2, 0) is 10.5 Å². The van der Waals surface area contributed by atoms with Gasteiger partial charge in [0.05, 0.1) is 5.75 Å². The summed E-state index contributed by atoms with van der Waals surface area (Å²) in [5.74, 6) is 1.92. The van der Waals surface area contributed by atoms with E-state index in [1.165, 1.54) is 11.1 Å². The Labute approximate surface area is 145 Å². The van der Waals surface area contributed by atoms with Crippen LogP contribution in [0.4, 0.5) is 0 Å². The summed E-state index contributed by atoms with van der Waals surface area (Å²) in [6.45, 7) is 8.87. The third-order valence-electron chi connectivity index (χ3n) is 3.33. The molecule has 0 heterocycles. The van der Waals surface area contributed by atoms with Gasteiger partial charge in [0.1, 0.15) is 0 Å². The Bertz CT molecular complexity index is 468. The second kappa shape index (κ2) is 10.1. The minimum Gasteiger partial charge on any atom is -0.349 e. The second-order valence-corrected chi connectivity index (χ2v) is 7.38. The van der Waals surface area contributed by atoms with Gasteiger partial charge in [-0.15, -0.1) is 24.2 Å². The predicted octanol–water partition coefficient (Wildman–Crippen LogP) is 3.53. The molecular weight excluding hydrogens is 316 g/mol. The first-order valence-corrected chi connectivity index (χ1v) is 8.64. The van der Waals surface area contributed by atoms with Crippen molar-refractivity contribution in [1.82, 2.24) is 5.32 Å². The molecule has 22 heavy (non-hydrogen) atoms. The monoisotopic (exact) mass is 344 g/mol. The van der Waals surface area contributed by atoms with E-state index in [-0.39, 0.29) is 23.9 Å². The summed E-state index contributed by atoms with van der Waals surface area (Å²) < 4.78 is 0. The quantitative estimate of drug-likeness (QED) is 0.758. The van der Waals surface area contributed by atoms with Crippen LogP contribution >= 0.6 is 24.2 Å². The minimum absolute atomic E-state index is 0. The molecule has 1 amide bonds. The van der Waals surface area contributed by atoms with Crippen molar-refractivity contribution in [2.75, 3.05) is 12.3 Å². The molecule has 1 unspecified atom stereocenters. The van der Waals surface area contributed by atoms with Gasteiger partial charge >= 0.3 is 0 Å². The lowest BCUT2D eigenvalue weighted by molar-refractivity contribution is -0.120. The highest BCUT2D eigenvalue weighted by atomic mass is 35.5. The SMILES string of the molecule is Cc1cccc(CSCC(=O)NC(C)(CN)CC(C)C)c1.Cl. The van der Waals surface area contributed by atoms with E-state index in [1.807, 2.05) is 6.92 Å². The van der Waals surface area contributed by atoms with Crippen LogP contribution in [0.25, 0.3) is 0 Å². The van der Waals surface area contributed by atoms with Gasteiger partial charge in [-0.05, 0) is 31.7 Å². The smallest absolute Gasteiger partial charge is 0.230 e. The highest BCUT2D eigenvalue weighted by Crippen LogP contribution is 2.17. The summed E-state index contributed by atoms with van der Waals surface area (Å²) in [6.07, 6.45) is 0.901. The van der Waals surface area contributed by atoms with Gasteiger partial charge < -0.3 is 11.1 Å². The van der Waals surface area contributed by atoms with Crippen molar-refractivity contribution in [2.24, 2.45) is 11.7 Å². The number of carbonyl (C=O) groups is 1. The minimum atomic E-state index is -0.296. The van der Waals surface area contributed by atoms with Crippen molar-refractivity contribution in [3.8, 4) is 0 Å². The van der Waals surface area contributed by atoms with Gasteiger partial charge in [-0.2, -0.15) is 0 Å². The molecule has 0 radical (unpaired) electrons. The maximum absolute atomic E-state index is 12.1. The van der Waals surface area contributed by atoms with Crippen LogP contribution in [0, 0.1) is 12.8 Å². The number of rotatable bonds is 8. The number of amides is 1. The summed E-state index contributed by atoms with van der Waals surface area (Å²) in [7, 11) is 0. The van der Waals surface area contributed by atoms with E-state index in [2.05, 4.69) is 50.4 Å². The molecule has 0 saturated carbocycles. The number of nitrogens with two attached hydrogens (primary N) is 1. The number of thioether (sulfide) groups is 1. The molecule has 3 N–H and O–H groups in total. The van der Waals surface area contributed by atoms with Crippen molar-refractivity contribution in [3.05, 3.63) is 35.4 Å². The first-order valence-electron chi connectivity index (χ1n) is 7.49. The fourth-order valence-corrected chi connectivity index (χ4v) is 3.30. The summed E-state index contributed by atoms with van der Waals surface area (Å²) in [5, 5.41) is 3.09. The lowest BCUT2D eigenvalue weighted by Gasteiger charge is -2.31. The Morgan fingerprint density at radius 2 is 2.09 bits per heavy atom. The third kappa shape index (κ3) is 8.06. The van der Waals surface area contributed by atoms with E-state index in [0.29, 0.717) is 18.2 Å². The number of hydrogen-bond donors (Lipinski definition) is 2. The molecule has 0 aliphatic heterocycles. The first-order chi connectivity index (χ1) is 9.84. The molecule has 1 aromatic carbocycles. The van der Waals surface area contributed by atoms with Crippen molar-refractivity contribution in [1.29, 1.82) is 0 Å². The molecule has 0 fully saturated rings. The molecule has 5 heteroatoms. The average Bonchev–Trinajstić information content (AvgIpc) is 2.37. The molecule has 0 aromatic heterocycles. The maximum atomic E-state index is 12.1. The van der Waals surface area contributed by atoms with Gasteiger partial charge in [0, 0.05) is 17.8 Å². The van der Waals surface area contributed by atoms with Crippen LogP contribution in [0.2, 0.25) is 0 Å². The lowest BCUT2D eigenvalue weighted by Crippen LogP contribution is -2.52. The number of carbonyl (C=O) groups excluding carboxylic acids is 1. The highest BCUT2D eigenvalue weighted by molar-refractivity contribution is 7.99. The van der Waals surface area contributed by atoms with E-state index >= 15 is 0 Å². The van der Waals surface area contributed by atoms with Gasteiger partial charge in [0.15, 0.2) is 0 Å². The van der Waals surface area contributed by atoms with Crippen LogP contribution in [0.5, 0.6) is 0 Å². The number of benzene rings is 1. The van der Waals surface area contributed by atoms with E-state index in [0.717, 1.165) is 12.2 Å². The van der Waals surface area contributed by atoms with Crippen molar-refractivity contribution in [3.63, 3.8) is 0 Å². The predicted molar refractivity (Wildman–Crippen MR) is 99.6 cm³/mol. The molecule has 0 aliphatic rings. The molecule has 0 saturated heterocycles. The van der Waals surface area contributed by atoms with Crippen LogP contribution in [0.3, 0.4) is 0 Å². The topological polar surface area (TPSA) is 55.1 Å². The molecule has 0 aliphatic carbocycles. The van der Waals surface area contributed by atoms with Crippen molar-refractivity contribution < 1.29 is 4.79 Å². The molecule has 1 aromatic rings. The van der Waals surface area contributed by atoms with Gasteiger partial charge in [-0.3, -0.25) is 4.79 Å². The second-order valence-electron chi connectivity index (χ2n) is 6.39. The van der Waals surface area contributed by atoms with Crippen LogP contribution in [-0.4, -0.2) is 23.7 Å². The molecule has 0 bridgehead atoms. The number of nitrogens with one attached hydrogen (secondary N) is 1. The van der Waals surface area contributed by atoms with Crippen LogP contribution in [0.15, 0.2) is 24.3 Å². The number of aryl methyl sites for hydroxylation is 1. The number of halogens is 1. The van der Waals surface area contributed by atoms with Crippen LogP contribution in [0.1, 0.15) is 38.3 Å². The highest BCUT2D eigenvalue weighted by Gasteiger charge is 2.25. The summed E-state index contributed by atoms with van der Waals surface area (Å²) >= 11 is 1.64. The Kier molecular flexibility index (Phi) is 9.81. The molecule has 0 spiro atoms. The fraction of sp³-hybridized carbons (Fsp3) is 0.588.